The van der Waals surface area contributed by atoms with Crippen molar-refractivity contribution in [1.29, 1.82) is 0 Å². The van der Waals surface area contributed by atoms with Gasteiger partial charge in [-0.25, -0.2) is 17.4 Å². The van der Waals surface area contributed by atoms with E-state index in [1.54, 1.807) is 24.3 Å². The van der Waals surface area contributed by atoms with Gasteiger partial charge in [0.05, 0.1) is 17.0 Å². The molecule has 2 heterocycles. The lowest BCUT2D eigenvalue weighted by Gasteiger charge is -2.19. The first-order valence-corrected chi connectivity index (χ1v) is 10.4. The van der Waals surface area contributed by atoms with Crippen molar-refractivity contribution >= 4 is 32.8 Å². The van der Waals surface area contributed by atoms with Crippen LogP contribution in [0.15, 0.2) is 36.0 Å². The molecule has 0 aliphatic rings. The molecule has 4 N–H and O–H groups in total. The summed E-state index contributed by atoms with van der Waals surface area (Å²) in [4.78, 5) is 4.01. The van der Waals surface area contributed by atoms with E-state index in [4.69, 9.17) is 11.5 Å². The topological polar surface area (TPSA) is 109 Å². The van der Waals surface area contributed by atoms with Gasteiger partial charge in [-0.1, -0.05) is 18.2 Å². The van der Waals surface area contributed by atoms with Crippen molar-refractivity contribution in [3.05, 3.63) is 41.7 Å². The zero-order valence-corrected chi connectivity index (χ0v) is 17.1. The minimum absolute atomic E-state index is 0.0555. The van der Waals surface area contributed by atoms with E-state index in [0.717, 1.165) is 3.97 Å². The fourth-order valence-corrected chi connectivity index (χ4v) is 4.14. The molecule has 0 atom stereocenters. The van der Waals surface area contributed by atoms with Gasteiger partial charge in [0, 0.05) is 12.4 Å². The van der Waals surface area contributed by atoms with Crippen LogP contribution in [0.4, 0.5) is 27.8 Å². The Balaban J connectivity index is 2.26. The first kappa shape index (κ1) is 22.6. The highest BCUT2D eigenvalue weighted by Crippen LogP contribution is 2.40. The average Bonchev–Trinajstić information content (AvgIpc) is 3.20. The van der Waals surface area contributed by atoms with Crippen LogP contribution in [0.3, 0.4) is 0 Å². The molecule has 0 fully saturated rings. The maximum absolute atomic E-state index is 13.5. The summed E-state index contributed by atoms with van der Waals surface area (Å²) in [7, 11) is -2.46. The lowest BCUT2D eigenvalue weighted by atomic mass is 10.2. The number of alkyl halides is 5. The van der Waals surface area contributed by atoms with Gasteiger partial charge in [-0.05, 0) is 25.1 Å². The molecule has 1 aromatic carbocycles. The second-order valence-electron chi connectivity index (χ2n) is 6.69. The van der Waals surface area contributed by atoms with Gasteiger partial charge in [0.25, 0.3) is 0 Å². The van der Waals surface area contributed by atoms with Crippen LogP contribution in [0.1, 0.15) is 12.6 Å². The molecular weight excluding hydrogens is 445 g/mol. The summed E-state index contributed by atoms with van der Waals surface area (Å²) in [6.07, 6.45) is -5.57. The molecule has 2 aromatic heterocycles. The number of nitrogens with zero attached hydrogens (tertiary/aromatic N) is 3. The van der Waals surface area contributed by atoms with E-state index < -0.39 is 33.5 Å². The second kappa shape index (κ2) is 7.25. The molecule has 0 aliphatic carbocycles. The van der Waals surface area contributed by atoms with Crippen molar-refractivity contribution in [2.75, 3.05) is 11.5 Å². The third kappa shape index (κ3) is 3.62. The Hall–Kier alpha value is -3.09. The van der Waals surface area contributed by atoms with Crippen molar-refractivity contribution in [2.45, 2.75) is 19.0 Å². The van der Waals surface area contributed by atoms with Gasteiger partial charge >= 0.3 is 12.1 Å². The summed E-state index contributed by atoms with van der Waals surface area (Å²) in [5, 5.41) is 0.552. The molecule has 31 heavy (non-hydrogen) atoms. The van der Waals surface area contributed by atoms with Gasteiger partial charge in [-0.15, -0.1) is 0 Å². The summed E-state index contributed by atoms with van der Waals surface area (Å²) in [6, 6.07) is 8.06. The number of para-hydroxylation sites is 1. The highest BCUT2D eigenvalue weighted by Gasteiger charge is 2.59. The number of nitrogens with two attached hydrogens (primary N) is 2. The standard InChI is InChI=1S/C18H18F5N5O2S/c1-3-31(29,30)28-12-7-5-4-6-10(12)8-13(28)16-26-11(15(25)27(16)2)9-14(24)17(19,20)18(21,22)23/h4-9H,3,24-25H2,1-2H3/b14-9-. The molecule has 0 unspecified atom stereocenters. The molecule has 0 radical (unpaired) electrons. The molecule has 0 saturated carbocycles. The second-order valence-corrected chi connectivity index (χ2v) is 8.80. The molecule has 3 rings (SSSR count). The summed E-state index contributed by atoms with van der Waals surface area (Å²) in [6.45, 7) is 1.44. The number of halogens is 5. The van der Waals surface area contributed by atoms with Gasteiger partial charge in [0.2, 0.25) is 10.0 Å². The molecule has 0 spiro atoms. The minimum atomic E-state index is -5.90. The lowest BCUT2D eigenvalue weighted by Crippen LogP contribution is -2.41. The van der Waals surface area contributed by atoms with E-state index in [2.05, 4.69) is 4.98 Å². The summed E-state index contributed by atoms with van der Waals surface area (Å²) < 4.78 is 92.4. The third-order valence-corrected chi connectivity index (χ3v) is 6.40. The minimum Gasteiger partial charge on any atom is -0.397 e. The van der Waals surface area contributed by atoms with Crippen molar-refractivity contribution < 1.29 is 30.4 Å². The van der Waals surface area contributed by atoms with Crippen LogP contribution >= 0.6 is 0 Å². The van der Waals surface area contributed by atoms with Gasteiger partial charge in [0.15, 0.2) is 5.82 Å². The molecule has 7 nitrogen and oxygen atoms in total. The molecular formula is C18H18F5N5O2S. The average molecular weight is 463 g/mol. The van der Waals surface area contributed by atoms with E-state index in [1.165, 1.54) is 24.6 Å². The summed E-state index contributed by atoms with van der Waals surface area (Å²) in [5.41, 5.74) is 9.01. The lowest BCUT2D eigenvalue weighted by molar-refractivity contribution is -0.264. The number of anilines is 1. The summed E-state index contributed by atoms with van der Waals surface area (Å²) in [5.74, 6) is -5.88. The number of allylic oxidation sites excluding steroid dienone is 1. The van der Waals surface area contributed by atoms with Gasteiger partial charge in [0.1, 0.15) is 17.2 Å². The van der Waals surface area contributed by atoms with Gasteiger partial charge in [-0.2, -0.15) is 22.0 Å². The van der Waals surface area contributed by atoms with Crippen LogP contribution in [0.5, 0.6) is 0 Å². The van der Waals surface area contributed by atoms with Gasteiger partial charge < -0.3 is 16.0 Å². The zero-order chi connectivity index (χ0) is 23.4. The Morgan fingerprint density at radius 2 is 1.81 bits per heavy atom. The van der Waals surface area contributed by atoms with Crippen molar-refractivity contribution in [3.63, 3.8) is 0 Å². The number of rotatable bonds is 5. The highest BCUT2D eigenvalue weighted by molar-refractivity contribution is 7.90. The van der Waals surface area contributed by atoms with Crippen molar-refractivity contribution in [1.82, 2.24) is 13.5 Å². The molecule has 0 amide bonds. The maximum atomic E-state index is 13.5. The monoisotopic (exact) mass is 463 g/mol. The van der Waals surface area contributed by atoms with Crippen LogP contribution in [-0.2, 0) is 17.1 Å². The van der Waals surface area contributed by atoms with Crippen LogP contribution in [-0.4, -0.2) is 39.8 Å². The van der Waals surface area contributed by atoms with E-state index in [0.29, 0.717) is 17.0 Å². The molecule has 3 aromatic rings. The highest BCUT2D eigenvalue weighted by atomic mass is 32.2. The fraction of sp³-hybridized carbons (Fsp3) is 0.278. The largest absolute Gasteiger partial charge is 0.459 e. The number of hydrogen-bond donors (Lipinski definition) is 2. The van der Waals surface area contributed by atoms with Crippen molar-refractivity contribution in [3.8, 4) is 11.5 Å². The quantitative estimate of drug-likeness (QED) is 0.565. The predicted molar refractivity (Wildman–Crippen MR) is 107 cm³/mol. The Labute approximate surface area is 173 Å². The van der Waals surface area contributed by atoms with Crippen molar-refractivity contribution in [2.24, 2.45) is 12.8 Å². The fourth-order valence-electron chi connectivity index (χ4n) is 2.98. The number of nitrogen functional groups attached to an aromatic ring is 1. The Bertz CT molecular complexity index is 1290. The zero-order valence-electron chi connectivity index (χ0n) is 16.3. The number of aromatic nitrogens is 3. The third-order valence-electron chi connectivity index (χ3n) is 4.72. The SMILES string of the molecule is CCS(=O)(=O)n1c(-c2nc(/C=C(\N)C(F)(F)C(F)(F)F)c(N)n2C)cc2ccccc21. The molecule has 0 bridgehead atoms. The van der Waals surface area contributed by atoms with Gasteiger partial charge in [-0.3, -0.25) is 0 Å². The Morgan fingerprint density at radius 1 is 1.19 bits per heavy atom. The maximum Gasteiger partial charge on any atom is 0.459 e. The normalized spacial score (nSPS) is 13.8. The van der Waals surface area contributed by atoms with E-state index >= 15 is 0 Å². The smallest absolute Gasteiger partial charge is 0.397 e. The Kier molecular flexibility index (Phi) is 5.29. The summed E-state index contributed by atoms with van der Waals surface area (Å²) >= 11 is 0. The number of hydrogen-bond acceptors (Lipinski definition) is 5. The number of fused-ring (bicyclic) bond motifs is 1. The Morgan fingerprint density at radius 3 is 2.39 bits per heavy atom. The number of benzene rings is 1. The van der Waals surface area contributed by atoms with E-state index in [9.17, 15) is 30.4 Å². The first-order chi connectivity index (χ1) is 14.2. The number of imidazole rings is 1. The van der Waals surface area contributed by atoms with Crippen LogP contribution < -0.4 is 11.5 Å². The molecule has 168 valence electrons. The van der Waals surface area contributed by atoms with E-state index in [-0.39, 0.29) is 23.1 Å². The molecule has 0 aliphatic heterocycles. The van der Waals surface area contributed by atoms with E-state index in [1.807, 2.05) is 0 Å². The molecule has 13 heteroatoms. The first-order valence-electron chi connectivity index (χ1n) is 8.80. The van der Waals surface area contributed by atoms with Crippen LogP contribution in [0.2, 0.25) is 0 Å². The van der Waals surface area contributed by atoms with Crippen LogP contribution in [0.25, 0.3) is 28.5 Å². The molecule has 0 saturated heterocycles. The van der Waals surface area contributed by atoms with Crippen LogP contribution in [0, 0.1) is 0 Å². The predicted octanol–water partition coefficient (Wildman–Crippen LogP) is 3.32.